The van der Waals surface area contributed by atoms with Crippen LogP contribution in [-0.2, 0) is 4.79 Å². The molecule has 1 saturated heterocycles. The van der Waals surface area contributed by atoms with Crippen LogP contribution < -0.4 is 5.32 Å². The summed E-state index contributed by atoms with van der Waals surface area (Å²) in [5.41, 5.74) is 2.85. The van der Waals surface area contributed by atoms with Gasteiger partial charge in [0.25, 0.3) is 5.91 Å². The van der Waals surface area contributed by atoms with E-state index < -0.39 is 0 Å². The van der Waals surface area contributed by atoms with Gasteiger partial charge in [0.15, 0.2) is 5.17 Å². The van der Waals surface area contributed by atoms with Crippen LogP contribution in [0.3, 0.4) is 0 Å². The number of nitrogens with zero attached hydrogens (tertiary/aromatic N) is 2. The molecule has 3 aromatic rings. The molecule has 1 fully saturated rings. The Labute approximate surface area is 163 Å². The summed E-state index contributed by atoms with van der Waals surface area (Å²) in [4.78, 5) is 17.3. The Balaban J connectivity index is 1.54. The molecule has 2 heterocycles. The molecule has 1 aliphatic heterocycles. The molecule has 0 unspecified atom stereocenters. The van der Waals surface area contributed by atoms with E-state index in [9.17, 15) is 4.79 Å². The average molecular weight is 424 g/mol. The number of aromatic nitrogens is 1. The van der Waals surface area contributed by atoms with Gasteiger partial charge in [-0.3, -0.25) is 4.79 Å². The first-order valence-electron chi connectivity index (χ1n) is 7.96. The molecule has 4 nitrogen and oxygen atoms in total. The van der Waals surface area contributed by atoms with Crippen molar-refractivity contribution in [1.29, 1.82) is 0 Å². The Morgan fingerprint density at radius 3 is 2.58 bits per heavy atom. The van der Waals surface area contributed by atoms with Crippen molar-refractivity contribution in [2.45, 2.75) is 0 Å². The molecule has 0 atom stereocenters. The molecule has 0 radical (unpaired) electrons. The van der Waals surface area contributed by atoms with Crippen molar-refractivity contribution in [1.82, 2.24) is 9.88 Å². The number of hydrogen-bond donors (Lipinski definition) is 1. The first kappa shape index (κ1) is 16.9. The Morgan fingerprint density at radius 2 is 1.81 bits per heavy atom. The topological polar surface area (TPSA) is 46.4 Å². The lowest BCUT2D eigenvalue weighted by Crippen LogP contribution is -2.19. The minimum Gasteiger partial charge on any atom is -0.323 e. The van der Waals surface area contributed by atoms with Gasteiger partial charge in [-0.05, 0) is 65.9 Å². The number of amides is 1. The third-order valence-electron chi connectivity index (χ3n) is 3.78. The lowest BCUT2D eigenvalue weighted by Gasteiger charge is -2.00. The molecule has 128 valence electrons. The molecule has 0 spiro atoms. The minimum atomic E-state index is -0.127. The fraction of sp³-hybridized carbons (Fsp3) is 0. The van der Waals surface area contributed by atoms with Gasteiger partial charge < -0.3 is 9.88 Å². The third kappa shape index (κ3) is 3.81. The van der Waals surface area contributed by atoms with Gasteiger partial charge in [0.05, 0.1) is 10.6 Å². The van der Waals surface area contributed by atoms with Crippen LogP contribution in [0.4, 0.5) is 5.69 Å². The van der Waals surface area contributed by atoms with Crippen molar-refractivity contribution in [3.8, 4) is 5.69 Å². The highest BCUT2D eigenvalue weighted by molar-refractivity contribution is 9.10. The second-order valence-electron chi connectivity index (χ2n) is 5.65. The molecule has 1 N–H and O–H groups in total. The molecule has 26 heavy (non-hydrogen) atoms. The van der Waals surface area contributed by atoms with Gasteiger partial charge in [-0.25, -0.2) is 4.99 Å². The molecule has 1 aliphatic rings. The predicted molar refractivity (Wildman–Crippen MR) is 111 cm³/mol. The summed E-state index contributed by atoms with van der Waals surface area (Å²) in [6, 6.07) is 19.7. The first-order valence-corrected chi connectivity index (χ1v) is 9.57. The number of para-hydroxylation sites is 1. The summed E-state index contributed by atoms with van der Waals surface area (Å²) in [6.45, 7) is 0. The van der Waals surface area contributed by atoms with Crippen molar-refractivity contribution in [2.75, 3.05) is 0 Å². The van der Waals surface area contributed by atoms with Gasteiger partial charge in [0, 0.05) is 22.6 Å². The fourth-order valence-corrected chi connectivity index (χ4v) is 3.63. The Hall–Kier alpha value is -2.57. The number of aliphatic imine (C=N–C) groups is 1. The van der Waals surface area contributed by atoms with E-state index in [0.29, 0.717) is 10.1 Å². The molecule has 1 aromatic heterocycles. The standard InChI is InChI=1S/C20H14BrN3OS/c21-15-6-8-16(9-7-15)22-20-23-19(25)18(26-20)12-14-10-11-24(13-14)17-4-2-1-3-5-17/h1-13H,(H,22,23,25)/b18-12+. The SMILES string of the molecule is O=C1NC(=Nc2ccc(Br)cc2)S/C1=C/c1ccn(-c2ccccc2)c1. The quantitative estimate of drug-likeness (QED) is 0.593. The van der Waals surface area contributed by atoms with Crippen LogP contribution >= 0.6 is 27.7 Å². The summed E-state index contributed by atoms with van der Waals surface area (Å²) >= 11 is 4.75. The maximum absolute atomic E-state index is 12.2. The molecule has 2 aromatic carbocycles. The van der Waals surface area contributed by atoms with Gasteiger partial charge in [0.1, 0.15) is 0 Å². The number of hydrogen-bond acceptors (Lipinski definition) is 3. The number of amidine groups is 1. The van der Waals surface area contributed by atoms with Crippen LogP contribution in [-0.4, -0.2) is 15.6 Å². The van der Waals surface area contributed by atoms with Crippen molar-refractivity contribution in [3.05, 3.63) is 88.0 Å². The second-order valence-corrected chi connectivity index (χ2v) is 7.59. The number of thioether (sulfide) groups is 1. The molecule has 1 amide bonds. The largest absolute Gasteiger partial charge is 0.323 e. The highest BCUT2D eigenvalue weighted by Gasteiger charge is 2.23. The van der Waals surface area contributed by atoms with Crippen molar-refractivity contribution in [3.63, 3.8) is 0 Å². The zero-order valence-corrected chi connectivity index (χ0v) is 16.0. The van der Waals surface area contributed by atoms with E-state index in [2.05, 4.69) is 26.2 Å². The van der Waals surface area contributed by atoms with E-state index in [1.807, 2.05) is 83.7 Å². The molecular formula is C20H14BrN3OS. The van der Waals surface area contributed by atoms with Crippen molar-refractivity contribution >= 4 is 50.5 Å². The molecule has 4 rings (SSSR count). The third-order valence-corrected chi connectivity index (χ3v) is 5.21. The summed E-state index contributed by atoms with van der Waals surface area (Å²) in [5, 5.41) is 3.40. The summed E-state index contributed by atoms with van der Waals surface area (Å²) < 4.78 is 3.02. The lowest BCUT2D eigenvalue weighted by atomic mass is 10.3. The van der Waals surface area contributed by atoms with Gasteiger partial charge in [0.2, 0.25) is 0 Å². The van der Waals surface area contributed by atoms with Crippen LogP contribution in [0.5, 0.6) is 0 Å². The van der Waals surface area contributed by atoms with E-state index in [4.69, 9.17) is 0 Å². The molecule has 0 bridgehead atoms. The first-order chi connectivity index (χ1) is 12.7. The normalized spacial score (nSPS) is 17.0. The van der Waals surface area contributed by atoms with Crippen LogP contribution in [0.1, 0.15) is 5.56 Å². The second kappa shape index (κ2) is 7.35. The lowest BCUT2D eigenvalue weighted by molar-refractivity contribution is -0.115. The maximum atomic E-state index is 12.2. The highest BCUT2D eigenvalue weighted by atomic mass is 79.9. The Kier molecular flexibility index (Phi) is 4.77. The molecule has 0 aliphatic carbocycles. The maximum Gasteiger partial charge on any atom is 0.264 e. The number of benzene rings is 2. The number of carbonyl (C=O) groups is 1. The monoisotopic (exact) mass is 423 g/mol. The van der Waals surface area contributed by atoms with Crippen LogP contribution in [0, 0.1) is 0 Å². The summed E-state index contributed by atoms with van der Waals surface area (Å²) in [6.07, 6.45) is 5.86. The zero-order chi connectivity index (χ0) is 17.9. The number of nitrogens with one attached hydrogen (secondary N) is 1. The van der Waals surface area contributed by atoms with Crippen LogP contribution in [0.15, 0.2) is 87.4 Å². The number of rotatable bonds is 3. The van der Waals surface area contributed by atoms with Gasteiger partial charge in [-0.1, -0.05) is 34.1 Å². The van der Waals surface area contributed by atoms with Gasteiger partial charge in [-0.15, -0.1) is 0 Å². The number of halogens is 1. The van der Waals surface area contributed by atoms with Crippen molar-refractivity contribution < 1.29 is 4.79 Å². The summed E-state index contributed by atoms with van der Waals surface area (Å²) in [5.74, 6) is -0.127. The number of carbonyl (C=O) groups excluding carboxylic acids is 1. The highest BCUT2D eigenvalue weighted by Crippen LogP contribution is 2.28. The van der Waals surface area contributed by atoms with Gasteiger partial charge >= 0.3 is 0 Å². The predicted octanol–water partition coefficient (Wildman–Crippen LogP) is 5.13. The Bertz CT molecular complexity index is 1010. The minimum absolute atomic E-state index is 0.127. The summed E-state index contributed by atoms with van der Waals surface area (Å²) in [7, 11) is 0. The van der Waals surface area contributed by atoms with E-state index in [1.165, 1.54) is 11.8 Å². The Morgan fingerprint density at radius 1 is 1.04 bits per heavy atom. The average Bonchev–Trinajstić information content (AvgIpc) is 3.25. The smallest absolute Gasteiger partial charge is 0.264 e. The molecule has 0 saturated carbocycles. The van der Waals surface area contributed by atoms with Crippen LogP contribution in [0.25, 0.3) is 11.8 Å². The molecular weight excluding hydrogens is 410 g/mol. The molecule has 6 heteroatoms. The zero-order valence-electron chi connectivity index (χ0n) is 13.6. The van der Waals surface area contributed by atoms with Crippen LogP contribution in [0.2, 0.25) is 0 Å². The van der Waals surface area contributed by atoms with E-state index in [-0.39, 0.29) is 5.91 Å². The van der Waals surface area contributed by atoms with Crippen molar-refractivity contribution in [2.24, 2.45) is 4.99 Å². The van der Waals surface area contributed by atoms with E-state index in [1.54, 1.807) is 0 Å². The van der Waals surface area contributed by atoms with E-state index in [0.717, 1.165) is 21.4 Å². The fourth-order valence-electron chi connectivity index (χ4n) is 2.52. The van der Waals surface area contributed by atoms with E-state index >= 15 is 0 Å². The van der Waals surface area contributed by atoms with Gasteiger partial charge in [-0.2, -0.15) is 0 Å².